The molecule has 5 heteroatoms. The van der Waals surface area contributed by atoms with E-state index in [1.807, 2.05) is 17.9 Å². The molecule has 2 rings (SSSR count). The number of aryl methyl sites for hydroxylation is 1. The zero-order valence-corrected chi connectivity index (χ0v) is 11.6. The summed E-state index contributed by atoms with van der Waals surface area (Å²) in [5.41, 5.74) is 6.22. The van der Waals surface area contributed by atoms with E-state index in [0.29, 0.717) is 6.42 Å². The number of nitrogens with zero attached hydrogens (tertiary/aromatic N) is 1. The Morgan fingerprint density at radius 1 is 1.55 bits per heavy atom. The third kappa shape index (κ3) is 3.54. The van der Waals surface area contributed by atoms with Crippen LogP contribution < -0.4 is 5.73 Å². The highest BCUT2D eigenvalue weighted by Crippen LogP contribution is 2.24. The van der Waals surface area contributed by atoms with E-state index in [2.05, 4.69) is 0 Å². The van der Waals surface area contributed by atoms with Gasteiger partial charge >= 0.3 is 0 Å². The molecule has 0 spiro atoms. The SMILES string of the molecule is CC(CCc1cccc(F)c1)N1C[C@H](F)C[C@H]1C(N)=O. The Kier molecular flexibility index (Phi) is 4.70. The van der Waals surface area contributed by atoms with Crippen LogP contribution in [-0.4, -0.2) is 35.6 Å². The Morgan fingerprint density at radius 2 is 2.30 bits per heavy atom. The standard InChI is InChI=1S/C15H20F2N2O/c1-10(5-6-11-3-2-4-12(16)7-11)19-9-13(17)8-14(19)15(18)20/h2-4,7,10,13-14H,5-6,8-9H2,1H3,(H2,18,20)/t10?,13-,14+/m1/s1. The second kappa shape index (κ2) is 6.31. The number of carbonyl (C=O) groups excluding carboxylic acids is 1. The Bertz CT molecular complexity index is 481. The average molecular weight is 282 g/mol. The van der Waals surface area contributed by atoms with Crippen LogP contribution in [0, 0.1) is 5.82 Å². The summed E-state index contributed by atoms with van der Waals surface area (Å²) in [6, 6.07) is 5.96. The third-order valence-corrected chi connectivity index (χ3v) is 3.92. The molecule has 1 aromatic carbocycles. The zero-order valence-electron chi connectivity index (χ0n) is 11.6. The highest BCUT2D eigenvalue weighted by Gasteiger charge is 2.37. The lowest BCUT2D eigenvalue weighted by molar-refractivity contribution is -0.122. The first kappa shape index (κ1) is 14.9. The molecule has 110 valence electrons. The number of alkyl halides is 1. The lowest BCUT2D eigenvalue weighted by atomic mass is 10.0. The molecule has 1 saturated heterocycles. The molecule has 1 amide bonds. The second-order valence-corrected chi connectivity index (χ2v) is 5.47. The Balaban J connectivity index is 1.94. The summed E-state index contributed by atoms with van der Waals surface area (Å²) in [5.74, 6) is -0.724. The summed E-state index contributed by atoms with van der Waals surface area (Å²) in [4.78, 5) is 13.2. The minimum atomic E-state index is -0.996. The highest BCUT2D eigenvalue weighted by atomic mass is 19.1. The van der Waals surface area contributed by atoms with Crippen LogP contribution in [0.25, 0.3) is 0 Å². The molecular weight excluding hydrogens is 262 g/mol. The highest BCUT2D eigenvalue weighted by molar-refractivity contribution is 5.80. The van der Waals surface area contributed by atoms with Crippen LogP contribution in [0.1, 0.15) is 25.3 Å². The molecule has 1 aliphatic heterocycles. The van der Waals surface area contributed by atoms with Gasteiger partial charge in [0.15, 0.2) is 0 Å². The fourth-order valence-electron chi connectivity index (χ4n) is 2.81. The van der Waals surface area contributed by atoms with Gasteiger partial charge in [-0.2, -0.15) is 0 Å². The third-order valence-electron chi connectivity index (χ3n) is 3.92. The van der Waals surface area contributed by atoms with Crippen molar-refractivity contribution in [2.24, 2.45) is 5.73 Å². The van der Waals surface area contributed by atoms with Gasteiger partial charge in [0.1, 0.15) is 12.0 Å². The molecule has 1 unspecified atom stereocenters. The zero-order chi connectivity index (χ0) is 14.7. The van der Waals surface area contributed by atoms with Gasteiger partial charge in [-0.05, 0) is 37.5 Å². The molecule has 1 aliphatic rings. The smallest absolute Gasteiger partial charge is 0.234 e. The van der Waals surface area contributed by atoms with Crippen LogP contribution in [0.4, 0.5) is 8.78 Å². The lowest BCUT2D eigenvalue weighted by Crippen LogP contribution is -2.45. The topological polar surface area (TPSA) is 46.3 Å². The molecule has 1 aromatic rings. The van der Waals surface area contributed by atoms with E-state index in [1.54, 1.807) is 6.07 Å². The summed E-state index contributed by atoms with van der Waals surface area (Å²) in [6.07, 6.45) is 0.612. The van der Waals surface area contributed by atoms with Crippen molar-refractivity contribution < 1.29 is 13.6 Å². The molecule has 1 fully saturated rings. The molecule has 2 N–H and O–H groups in total. The van der Waals surface area contributed by atoms with Gasteiger partial charge in [-0.25, -0.2) is 8.78 Å². The minimum absolute atomic E-state index is 0.0384. The first-order valence-corrected chi connectivity index (χ1v) is 6.91. The number of primary amides is 1. The molecule has 20 heavy (non-hydrogen) atoms. The first-order chi connectivity index (χ1) is 9.47. The largest absolute Gasteiger partial charge is 0.368 e. The van der Waals surface area contributed by atoms with Gasteiger partial charge in [0, 0.05) is 19.0 Å². The number of benzene rings is 1. The summed E-state index contributed by atoms with van der Waals surface area (Å²) in [5, 5.41) is 0. The van der Waals surface area contributed by atoms with E-state index in [0.717, 1.165) is 12.0 Å². The second-order valence-electron chi connectivity index (χ2n) is 5.47. The van der Waals surface area contributed by atoms with Crippen LogP contribution >= 0.6 is 0 Å². The fraction of sp³-hybridized carbons (Fsp3) is 0.533. The van der Waals surface area contributed by atoms with Gasteiger partial charge in [-0.15, -0.1) is 0 Å². The van der Waals surface area contributed by atoms with E-state index < -0.39 is 18.1 Å². The molecule has 0 aliphatic carbocycles. The molecular formula is C15H20F2N2O. The van der Waals surface area contributed by atoms with Gasteiger partial charge < -0.3 is 5.73 Å². The number of amides is 1. The molecule has 0 aromatic heterocycles. The van der Waals surface area contributed by atoms with Gasteiger partial charge in [0.25, 0.3) is 0 Å². The maximum absolute atomic E-state index is 13.5. The van der Waals surface area contributed by atoms with Crippen molar-refractivity contribution in [1.29, 1.82) is 0 Å². The van der Waals surface area contributed by atoms with Crippen LogP contribution in [0.3, 0.4) is 0 Å². The molecule has 3 nitrogen and oxygen atoms in total. The Labute approximate surface area is 117 Å². The van der Waals surface area contributed by atoms with Crippen LogP contribution in [-0.2, 0) is 11.2 Å². The van der Waals surface area contributed by atoms with E-state index in [-0.39, 0.29) is 24.8 Å². The maximum atomic E-state index is 13.5. The molecule has 3 atom stereocenters. The quantitative estimate of drug-likeness (QED) is 0.898. The number of hydrogen-bond acceptors (Lipinski definition) is 2. The average Bonchev–Trinajstić information content (AvgIpc) is 2.78. The van der Waals surface area contributed by atoms with Crippen molar-refractivity contribution in [3.8, 4) is 0 Å². The summed E-state index contributed by atoms with van der Waals surface area (Å²) < 4.78 is 26.6. The molecule has 0 saturated carbocycles. The number of nitrogens with two attached hydrogens (primary N) is 1. The summed E-state index contributed by atoms with van der Waals surface area (Å²) in [6.45, 7) is 2.20. The number of rotatable bonds is 5. The van der Waals surface area contributed by atoms with Crippen LogP contribution in [0.5, 0.6) is 0 Å². The van der Waals surface area contributed by atoms with E-state index in [1.165, 1.54) is 12.1 Å². The monoisotopic (exact) mass is 282 g/mol. The minimum Gasteiger partial charge on any atom is -0.368 e. The van der Waals surface area contributed by atoms with E-state index >= 15 is 0 Å². The van der Waals surface area contributed by atoms with E-state index in [4.69, 9.17) is 5.73 Å². The predicted molar refractivity (Wildman–Crippen MR) is 73.4 cm³/mol. The van der Waals surface area contributed by atoms with Gasteiger partial charge in [-0.1, -0.05) is 12.1 Å². The van der Waals surface area contributed by atoms with Crippen molar-refractivity contribution >= 4 is 5.91 Å². The Hall–Kier alpha value is -1.49. The predicted octanol–water partition coefficient (Wildman–Crippen LogP) is 2.04. The maximum Gasteiger partial charge on any atom is 0.234 e. The number of carbonyl (C=O) groups is 1. The van der Waals surface area contributed by atoms with E-state index in [9.17, 15) is 13.6 Å². The van der Waals surface area contributed by atoms with Crippen molar-refractivity contribution in [3.63, 3.8) is 0 Å². The summed E-state index contributed by atoms with van der Waals surface area (Å²) in [7, 11) is 0. The summed E-state index contributed by atoms with van der Waals surface area (Å²) >= 11 is 0. The molecule has 1 heterocycles. The van der Waals surface area contributed by atoms with Crippen molar-refractivity contribution in [2.45, 2.75) is 44.4 Å². The molecule has 0 radical (unpaired) electrons. The normalized spacial score (nSPS) is 24.8. The van der Waals surface area contributed by atoms with Crippen molar-refractivity contribution in [1.82, 2.24) is 4.90 Å². The lowest BCUT2D eigenvalue weighted by Gasteiger charge is -2.28. The van der Waals surface area contributed by atoms with Crippen LogP contribution in [0.15, 0.2) is 24.3 Å². The number of halogens is 2. The van der Waals surface area contributed by atoms with Crippen LogP contribution in [0.2, 0.25) is 0 Å². The first-order valence-electron chi connectivity index (χ1n) is 6.91. The van der Waals surface area contributed by atoms with Gasteiger partial charge in [0.05, 0.1) is 6.04 Å². The number of hydrogen-bond donors (Lipinski definition) is 1. The number of likely N-dealkylation sites (tertiary alicyclic amines) is 1. The van der Waals surface area contributed by atoms with Gasteiger partial charge in [0.2, 0.25) is 5.91 Å². The fourth-order valence-corrected chi connectivity index (χ4v) is 2.81. The Morgan fingerprint density at radius 3 is 2.95 bits per heavy atom. The van der Waals surface area contributed by atoms with Gasteiger partial charge in [-0.3, -0.25) is 9.69 Å². The van der Waals surface area contributed by atoms with Crippen molar-refractivity contribution in [3.05, 3.63) is 35.6 Å². The van der Waals surface area contributed by atoms with Crippen molar-refractivity contribution in [2.75, 3.05) is 6.54 Å². The molecule has 0 bridgehead atoms.